The van der Waals surface area contributed by atoms with E-state index < -0.39 is 6.10 Å². The Morgan fingerprint density at radius 3 is 2.29 bits per heavy atom. The summed E-state index contributed by atoms with van der Waals surface area (Å²) in [6.07, 6.45) is -0.709. The molecule has 5 heteroatoms. The van der Waals surface area contributed by atoms with Crippen LogP contribution in [0.25, 0.3) is 0 Å². The Morgan fingerprint density at radius 2 is 1.57 bits per heavy atom. The van der Waals surface area contributed by atoms with Crippen molar-refractivity contribution in [2.24, 2.45) is 0 Å². The standard InChI is InChI=1S/C23H21NO4/c1-26-18-13-11-17(12-14-18)22(16-7-3-2-4-8-16)24-23(25)21-15-27-19-9-5-6-10-20(19)28-21/h2-14,21-22H,15H2,1H3,(H,24,25)/t21-,22-/m1/s1. The van der Waals surface area contributed by atoms with E-state index >= 15 is 0 Å². The molecule has 0 aromatic heterocycles. The Morgan fingerprint density at radius 1 is 0.929 bits per heavy atom. The highest BCUT2D eigenvalue weighted by molar-refractivity contribution is 5.82. The summed E-state index contributed by atoms with van der Waals surface area (Å²) in [5.41, 5.74) is 1.94. The molecule has 5 nitrogen and oxygen atoms in total. The third-order valence-corrected chi connectivity index (χ3v) is 4.67. The van der Waals surface area contributed by atoms with Crippen molar-refractivity contribution in [3.63, 3.8) is 0 Å². The van der Waals surface area contributed by atoms with E-state index in [9.17, 15) is 4.79 Å². The fourth-order valence-electron chi connectivity index (χ4n) is 3.18. The Bertz CT molecular complexity index is 940. The fraction of sp³-hybridized carbons (Fsp3) is 0.174. The zero-order valence-electron chi connectivity index (χ0n) is 15.5. The van der Waals surface area contributed by atoms with Crippen LogP contribution in [0.1, 0.15) is 17.2 Å². The van der Waals surface area contributed by atoms with Crippen molar-refractivity contribution >= 4 is 5.91 Å². The number of methoxy groups -OCH3 is 1. The van der Waals surface area contributed by atoms with Crippen LogP contribution in [0.15, 0.2) is 78.9 Å². The van der Waals surface area contributed by atoms with Gasteiger partial charge in [0.2, 0.25) is 6.10 Å². The third-order valence-electron chi connectivity index (χ3n) is 4.67. The van der Waals surface area contributed by atoms with Crippen molar-refractivity contribution in [2.75, 3.05) is 13.7 Å². The van der Waals surface area contributed by atoms with Crippen molar-refractivity contribution in [3.8, 4) is 17.2 Å². The summed E-state index contributed by atoms with van der Waals surface area (Å²) >= 11 is 0. The minimum atomic E-state index is -0.709. The lowest BCUT2D eigenvalue weighted by atomic mass is 9.98. The summed E-state index contributed by atoms with van der Waals surface area (Å²) in [5, 5.41) is 3.10. The summed E-state index contributed by atoms with van der Waals surface area (Å²) < 4.78 is 16.8. The first kappa shape index (κ1) is 17.9. The first-order valence-electron chi connectivity index (χ1n) is 9.12. The number of carbonyl (C=O) groups is 1. The van der Waals surface area contributed by atoms with Crippen molar-refractivity contribution in [1.82, 2.24) is 5.32 Å². The molecule has 4 rings (SSSR count). The number of hydrogen-bond donors (Lipinski definition) is 1. The molecule has 0 saturated heterocycles. The number of hydrogen-bond acceptors (Lipinski definition) is 4. The molecule has 1 aliphatic heterocycles. The van der Waals surface area contributed by atoms with Crippen LogP contribution in [0.2, 0.25) is 0 Å². The molecule has 0 unspecified atom stereocenters. The molecule has 142 valence electrons. The summed E-state index contributed by atoms with van der Waals surface area (Å²) in [6, 6.07) is 24.5. The minimum absolute atomic E-state index is 0.174. The zero-order chi connectivity index (χ0) is 19.3. The second kappa shape index (κ2) is 8.05. The third kappa shape index (κ3) is 3.78. The van der Waals surface area contributed by atoms with Gasteiger partial charge in [-0.1, -0.05) is 54.6 Å². The van der Waals surface area contributed by atoms with Gasteiger partial charge in [-0.2, -0.15) is 0 Å². The number of fused-ring (bicyclic) bond motifs is 1. The molecule has 0 bridgehead atoms. The Labute approximate surface area is 163 Å². The maximum Gasteiger partial charge on any atom is 0.265 e. The van der Waals surface area contributed by atoms with Crippen LogP contribution in [0.5, 0.6) is 17.2 Å². The normalized spacial score (nSPS) is 16.1. The topological polar surface area (TPSA) is 56.8 Å². The molecule has 1 N–H and O–H groups in total. The van der Waals surface area contributed by atoms with Gasteiger partial charge in [-0.05, 0) is 35.4 Å². The van der Waals surface area contributed by atoms with Crippen LogP contribution in [0.4, 0.5) is 0 Å². The average molecular weight is 375 g/mol. The lowest BCUT2D eigenvalue weighted by Crippen LogP contribution is -2.45. The monoisotopic (exact) mass is 375 g/mol. The van der Waals surface area contributed by atoms with Crippen LogP contribution >= 0.6 is 0 Å². The van der Waals surface area contributed by atoms with E-state index in [1.54, 1.807) is 13.2 Å². The van der Waals surface area contributed by atoms with E-state index in [0.717, 1.165) is 16.9 Å². The lowest BCUT2D eigenvalue weighted by Gasteiger charge is -2.28. The number of ether oxygens (including phenoxy) is 3. The van der Waals surface area contributed by atoms with E-state index in [2.05, 4.69) is 5.32 Å². The van der Waals surface area contributed by atoms with Crippen LogP contribution in [0, 0.1) is 0 Å². The Balaban J connectivity index is 1.56. The predicted molar refractivity (Wildman–Crippen MR) is 106 cm³/mol. The van der Waals surface area contributed by atoms with Gasteiger partial charge in [-0.3, -0.25) is 4.79 Å². The number of para-hydroxylation sites is 2. The average Bonchev–Trinajstić information content (AvgIpc) is 2.77. The van der Waals surface area contributed by atoms with Gasteiger partial charge in [0.25, 0.3) is 5.91 Å². The van der Waals surface area contributed by atoms with E-state index in [-0.39, 0.29) is 18.6 Å². The van der Waals surface area contributed by atoms with Gasteiger partial charge in [0.05, 0.1) is 13.2 Å². The van der Waals surface area contributed by atoms with Crippen LogP contribution < -0.4 is 19.5 Å². The molecule has 2 atom stereocenters. The van der Waals surface area contributed by atoms with E-state index in [1.807, 2.05) is 72.8 Å². The van der Waals surface area contributed by atoms with Crippen molar-refractivity contribution in [1.29, 1.82) is 0 Å². The largest absolute Gasteiger partial charge is 0.497 e. The van der Waals surface area contributed by atoms with E-state index in [4.69, 9.17) is 14.2 Å². The highest BCUT2D eigenvalue weighted by Gasteiger charge is 2.29. The fourth-order valence-corrected chi connectivity index (χ4v) is 3.18. The molecule has 0 spiro atoms. The molecule has 0 aliphatic carbocycles. The Kier molecular flexibility index (Phi) is 5.15. The molecule has 28 heavy (non-hydrogen) atoms. The van der Waals surface area contributed by atoms with Gasteiger partial charge in [0, 0.05) is 0 Å². The van der Waals surface area contributed by atoms with Crippen molar-refractivity contribution in [3.05, 3.63) is 90.0 Å². The van der Waals surface area contributed by atoms with Gasteiger partial charge in [0.1, 0.15) is 12.4 Å². The number of rotatable bonds is 5. The molecule has 1 amide bonds. The maximum absolute atomic E-state index is 12.9. The zero-order valence-corrected chi connectivity index (χ0v) is 15.5. The van der Waals surface area contributed by atoms with Crippen LogP contribution in [0.3, 0.4) is 0 Å². The molecule has 0 fully saturated rings. The van der Waals surface area contributed by atoms with E-state index in [1.165, 1.54) is 0 Å². The van der Waals surface area contributed by atoms with Crippen LogP contribution in [-0.2, 0) is 4.79 Å². The maximum atomic E-state index is 12.9. The number of amides is 1. The van der Waals surface area contributed by atoms with Crippen LogP contribution in [-0.4, -0.2) is 25.7 Å². The molecular weight excluding hydrogens is 354 g/mol. The second-order valence-electron chi connectivity index (χ2n) is 6.49. The summed E-state index contributed by atoms with van der Waals surface area (Å²) in [5.74, 6) is 1.78. The molecule has 1 aliphatic rings. The quantitative estimate of drug-likeness (QED) is 0.738. The van der Waals surface area contributed by atoms with Crippen molar-refractivity contribution < 1.29 is 19.0 Å². The highest BCUT2D eigenvalue weighted by atomic mass is 16.6. The van der Waals surface area contributed by atoms with Gasteiger partial charge in [0.15, 0.2) is 11.5 Å². The molecule has 3 aromatic carbocycles. The molecule has 3 aromatic rings. The van der Waals surface area contributed by atoms with Gasteiger partial charge < -0.3 is 19.5 Å². The summed E-state index contributed by atoms with van der Waals surface area (Å²) in [6.45, 7) is 0.174. The number of nitrogens with one attached hydrogen (secondary N) is 1. The molecular formula is C23H21NO4. The second-order valence-corrected chi connectivity index (χ2v) is 6.49. The van der Waals surface area contributed by atoms with Gasteiger partial charge in [-0.15, -0.1) is 0 Å². The van der Waals surface area contributed by atoms with Gasteiger partial charge >= 0.3 is 0 Å². The number of benzene rings is 3. The Hall–Kier alpha value is -3.47. The van der Waals surface area contributed by atoms with Crippen molar-refractivity contribution in [2.45, 2.75) is 12.1 Å². The molecule has 1 heterocycles. The summed E-state index contributed by atoms with van der Waals surface area (Å²) in [4.78, 5) is 12.9. The minimum Gasteiger partial charge on any atom is -0.497 e. The highest BCUT2D eigenvalue weighted by Crippen LogP contribution is 2.31. The predicted octanol–water partition coefficient (Wildman–Crippen LogP) is 3.74. The van der Waals surface area contributed by atoms with Gasteiger partial charge in [-0.25, -0.2) is 0 Å². The molecule has 0 saturated carbocycles. The SMILES string of the molecule is COc1ccc([C@H](NC(=O)[C@H]2COc3ccccc3O2)c2ccccc2)cc1. The summed E-state index contributed by atoms with van der Waals surface area (Å²) in [7, 11) is 1.63. The molecule has 0 radical (unpaired) electrons. The lowest BCUT2D eigenvalue weighted by molar-refractivity contribution is -0.130. The number of carbonyl (C=O) groups excluding carboxylic acids is 1. The first-order chi connectivity index (χ1) is 13.7. The van der Waals surface area contributed by atoms with E-state index in [0.29, 0.717) is 11.5 Å². The smallest absolute Gasteiger partial charge is 0.265 e. The first-order valence-corrected chi connectivity index (χ1v) is 9.12.